The molecule has 7 heteroatoms. The maximum absolute atomic E-state index is 12.1. The largest absolute Gasteiger partial charge is 0.494 e. The lowest BCUT2D eigenvalue weighted by atomic mass is 10.1. The summed E-state index contributed by atoms with van der Waals surface area (Å²) in [5, 5.41) is 13.1. The average molecular weight is 415 g/mol. The van der Waals surface area contributed by atoms with Gasteiger partial charge in [0.05, 0.1) is 6.61 Å². The second-order valence-corrected chi connectivity index (χ2v) is 6.80. The van der Waals surface area contributed by atoms with Gasteiger partial charge in [0.25, 0.3) is 0 Å². The molecule has 0 saturated heterocycles. The van der Waals surface area contributed by atoms with Crippen molar-refractivity contribution < 1.29 is 24.1 Å². The lowest BCUT2D eigenvalue weighted by Gasteiger charge is -2.14. The van der Waals surface area contributed by atoms with Crippen LogP contribution in [0, 0.1) is 0 Å². The summed E-state index contributed by atoms with van der Waals surface area (Å²) in [7, 11) is 1.69. The first-order chi connectivity index (χ1) is 14.6. The van der Waals surface area contributed by atoms with Crippen molar-refractivity contribution in [1.29, 1.82) is 0 Å². The van der Waals surface area contributed by atoms with Crippen LogP contribution >= 0.6 is 0 Å². The molecule has 0 aliphatic rings. The van der Waals surface area contributed by atoms with Crippen LogP contribution in [-0.4, -0.2) is 55.5 Å². The first kappa shape index (κ1) is 23.4. The Morgan fingerprint density at radius 3 is 2.50 bits per heavy atom. The highest BCUT2D eigenvalue weighted by Gasteiger charge is 2.07. The maximum Gasteiger partial charge on any atom is 0.189 e. The van der Waals surface area contributed by atoms with E-state index in [1.54, 1.807) is 32.4 Å². The van der Waals surface area contributed by atoms with Crippen LogP contribution in [0.5, 0.6) is 11.5 Å². The van der Waals surface area contributed by atoms with Gasteiger partial charge in [-0.1, -0.05) is 0 Å². The Hall–Kier alpha value is -2.90. The molecule has 2 rings (SSSR count). The van der Waals surface area contributed by atoms with Crippen molar-refractivity contribution >= 4 is 5.78 Å². The fourth-order valence-electron chi connectivity index (χ4n) is 2.54. The molecule has 7 nitrogen and oxygen atoms in total. The number of hydrogen-bond acceptors (Lipinski definition) is 7. The summed E-state index contributed by atoms with van der Waals surface area (Å²) in [6.07, 6.45) is 5.81. The van der Waals surface area contributed by atoms with Gasteiger partial charge in [-0.2, -0.15) is 0 Å². The van der Waals surface area contributed by atoms with E-state index in [1.807, 2.05) is 24.3 Å². The first-order valence-electron chi connectivity index (χ1n) is 9.97. The molecule has 0 fully saturated rings. The standard InChI is InChI=1S/C23H30N2O5/c1-18(14-23(27)19-6-5-11-24-15-19)25-16-20(26)17-30-22-9-7-21(8-10-22)29-13-4-3-12-28-2/h5-11,14-15,20,25-26H,3-4,12-13,16-17H2,1-2H3. The molecule has 1 aromatic carbocycles. The third kappa shape index (κ3) is 9.07. The molecule has 0 radical (unpaired) electrons. The van der Waals surface area contributed by atoms with Gasteiger partial charge in [0.1, 0.15) is 24.2 Å². The SMILES string of the molecule is COCCCCOc1ccc(OCC(O)CNC(C)=CC(=O)c2cccnc2)cc1. The number of hydrogen-bond donors (Lipinski definition) is 2. The van der Waals surface area contributed by atoms with Crippen molar-refractivity contribution in [3.8, 4) is 11.5 Å². The van der Waals surface area contributed by atoms with Gasteiger partial charge in [0.15, 0.2) is 5.78 Å². The molecule has 0 spiro atoms. The van der Waals surface area contributed by atoms with Crippen molar-refractivity contribution in [3.05, 3.63) is 66.1 Å². The van der Waals surface area contributed by atoms with Crippen LogP contribution in [0.2, 0.25) is 0 Å². The van der Waals surface area contributed by atoms with E-state index in [-0.39, 0.29) is 18.9 Å². The maximum atomic E-state index is 12.1. The van der Waals surface area contributed by atoms with E-state index in [0.717, 1.165) is 25.2 Å². The molecule has 1 heterocycles. The number of benzene rings is 1. The zero-order valence-corrected chi connectivity index (χ0v) is 17.5. The van der Waals surface area contributed by atoms with Crippen molar-refractivity contribution in [2.24, 2.45) is 0 Å². The average Bonchev–Trinajstić information content (AvgIpc) is 2.77. The molecule has 162 valence electrons. The van der Waals surface area contributed by atoms with E-state index >= 15 is 0 Å². The highest BCUT2D eigenvalue weighted by Crippen LogP contribution is 2.18. The molecule has 1 atom stereocenters. The van der Waals surface area contributed by atoms with E-state index < -0.39 is 6.10 Å². The quantitative estimate of drug-likeness (QED) is 0.279. The number of unbranched alkanes of at least 4 members (excludes halogenated alkanes) is 1. The number of nitrogens with zero attached hydrogens (tertiary/aromatic N) is 1. The Bertz CT molecular complexity index is 778. The number of carbonyl (C=O) groups is 1. The lowest BCUT2D eigenvalue weighted by molar-refractivity contribution is 0.103. The third-order valence-corrected chi connectivity index (χ3v) is 4.19. The minimum absolute atomic E-state index is 0.133. The number of rotatable bonds is 14. The van der Waals surface area contributed by atoms with Gasteiger partial charge in [0.2, 0.25) is 0 Å². The predicted molar refractivity (Wildman–Crippen MR) is 115 cm³/mol. The Labute approximate surface area is 177 Å². The van der Waals surface area contributed by atoms with Crippen LogP contribution in [-0.2, 0) is 4.74 Å². The van der Waals surface area contributed by atoms with E-state index in [0.29, 0.717) is 23.6 Å². The van der Waals surface area contributed by atoms with Gasteiger partial charge >= 0.3 is 0 Å². The zero-order chi connectivity index (χ0) is 21.6. The first-order valence-corrected chi connectivity index (χ1v) is 9.97. The highest BCUT2D eigenvalue weighted by atomic mass is 16.5. The Morgan fingerprint density at radius 2 is 1.83 bits per heavy atom. The van der Waals surface area contributed by atoms with Crippen molar-refractivity contribution in [2.75, 3.05) is 33.5 Å². The number of ketones is 1. The molecule has 30 heavy (non-hydrogen) atoms. The summed E-state index contributed by atoms with van der Waals surface area (Å²) < 4.78 is 16.3. The van der Waals surface area contributed by atoms with E-state index in [4.69, 9.17) is 14.2 Å². The summed E-state index contributed by atoms with van der Waals surface area (Å²) in [6, 6.07) is 10.7. The Kier molecular flexibility index (Phi) is 10.4. The normalized spacial score (nSPS) is 12.3. The minimum atomic E-state index is -0.724. The summed E-state index contributed by atoms with van der Waals surface area (Å²) in [5.41, 5.74) is 1.18. The predicted octanol–water partition coefficient (Wildman–Crippen LogP) is 3.00. The van der Waals surface area contributed by atoms with Crippen molar-refractivity contribution in [2.45, 2.75) is 25.9 Å². The lowest BCUT2D eigenvalue weighted by Crippen LogP contribution is -2.30. The molecule has 2 N–H and O–H groups in total. The summed E-state index contributed by atoms with van der Waals surface area (Å²) >= 11 is 0. The fraction of sp³-hybridized carbons (Fsp3) is 0.391. The highest BCUT2D eigenvalue weighted by molar-refractivity contribution is 6.04. The summed E-state index contributed by atoms with van der Waals surface area (Å²) in [5.74, 6) is 1.29. The van der Waals surface area contributed by atoms with E-state index in [2.05, 4.69) is 10.3 Å². The second-order valence-electron chi connectivity index (χ2n) is 6.80. The fourth-order valence-corrected chi connectivity index (χ4v) is 2.54. The number of allylic oxidation sites excluding steroid dienone is 2. The second kappa shape index (κ2) is 13.3. The number of pyridine rings is 1. The van der Waals surface area contributed by atoms with Crippen LogP contribution in [0.3, 0.4) is 0 Å². The number of aliphatic hydroxyl groups is 1. The number of nitrogens with one attached hydrogen (secondary N) is 1. The molecular weight excluding hydrogens is 384 g/mol. The van der Waals surface area contributed by atoms with Crippen LogP contribution in [0.25, 0.3) is 0 Å². The van der Waals surface area contributed by atoms with Gasteiger partial charge in [-0.25, -0.2) is 0 Å². The summed E-state index contributed by atoms with van der Waals surface area (Å²) in [4.78, 5) is 16.0. The van der Waals surface area contributed by atoms with Crippen LogP contribution in [0.4, 0.5) is 0 Å². The molecular formula is C23H30N2O5. The number of aromatic nitrogens is 1. The Morgan fingerprint density at radius 1 is 1.13 bits per heavy atom. The molecule has 2 aromatic rings. The molecule has 0 aliphatic heterocycles. The van der Waals surface area contributed by atoms with E-state index in [9.17, 15) is 9.90 Å². The summed E-state index contributed by atoms with van der Waals surface area (Å²) in [6.45, 7) is 3.56. The van der Waals surface area contributed by atoms with Crippen LogP contribution < -0.4 is 14.8 Å². The molecule has 0 saturated carbocycles. The van der Waals surface area contributed by atoms with Crippen molar-refractivity contribution in [3.63, 3.8) is 0 Å². The van der Waals surface area contributed by atoms with Gasteiger partial charge in [-0.3, -0.25) is 9.78 Å². The van der Waals surface area contributed by atoms with Gasteiger partial charge < -0.3 is 24.6 Å². The number of methoxy groups -OCH3 is 1. The molecule has 0 amide bonds. The van der Waals surface area contributed by atoms with Gasteiger partial charge in [0, 0.05) is 50.0 Å². The van der Waals surface area contributed by atoms with Gasteiger partial charge in [-0.15, -0.1) is 0 Å². The number of carbonyl (C=O) groups excluding carboxylic acids is 1. The number of aliphatic hydroxyl groups excluding tert-OH is 1. The number of ether oxygens (including phenoxy) is 3. The molecule has 0 bridgehead atoms. The monoisotopic (exact) mass is 414 g/mol. The van der Waals surface area contributed by atoms with Crippen LogP contribution in [0.15, 0.2) is 60.6 Å². The smallest absolute Gasteiger partial charge is 0.189 e. The minimum Gasteiger partial charge on any atom is -0.494 e. The molecule has 1 aromatic heterocycles. The van der Waals surface area contributed by atoms with Crippen LogP contribution in [0.1, 0.15) is 30.1 Å². The van der Waals surface area contributed by atoms with Gasteiger partial charge in [-0.05, 0) is 56.2 Å². The van der Waals surface area contributed by atoms with Crippen molar-refractivity contribution in [1.82, 2.24) is 10.3 Å². The van der Waals surface area contributed by atoms with E-state index in [1.165, 1.54) is 12.3 Å². The topological polar surface area (TPSA) is 89.9 Å². The third-order valence-electron chi connectivity index (χ3n) is 4.19. The Balaban J connectivity index is 1.67. The molecule has 0 aliphatic carbocycles. The molecule has 1 unspecified atom stereocenters. The zero-order valence-electron chi connectivity index (χ0n) is 17.5.